The highest BCUT2D eigenvalue weighted by molar-refractivity contribution is 5.75. The molecule has 0 saturated heterocycles. The van der Waals surface area contributed by atoms with Crippen LogP contribution in [0.15, 0.2) is 11.6 Å². The largest absolute Gasteiger partial charge is 0.356 e. The van der Waals surface area contributed by atoms with Crippen LogP contribution in [0.3, 0.4) is 0 Å². The third-order valence-corrected chi connectivity index (χ3v) is 2.73. The third-order valence-electron chi connectivity index (χ3n) is 2.73. The van der Waals surface area contributed by atoms with Gasteiger partial charge >= 0.3 is 0 Å². The van der Waals surface area contributed by atoms with Crippen LogP contribution in [0.2, 0.25) is 0 Å². The zero-order valence-electron chi connectivity index (χ0n) is 9.64. The number of rotatable bonds is 7. The van der Waals surface area contributed by atoms with E-state index in [-0.39, 0.29) is 5.91 Å². The third kappa shape index (κ3) is 5.57. The van der Waals surface area contributed by atoms with Crippen LogP contribution in [-0.2, 0) is 4.79 Å². The average molecular weight is 210 g/mol. The smallest absolute Gasteiger partial charge is 0.220 e. The van der Waals surface area contributed by atoms with Gasteiger partial charge in [-0.05, 0) is 45.7 Å². The van der Waals surface area contributed by atoms with E-state index in [4.69, 9.17) is 0 Å². The molecule has 3 nitrogen and oxygen atoms in total. The van der Waals surface area contributed by atoms with E-state index in [0.29, 0.717) is 6.42 Å². The number of amides is 1. The van der Waals surface area contributed by atoms with Gasteiger partial charge in [0.2, 0.25) is 5.91 Å². The van der Waals surface area contributed by atoms with E-state index in [1.807, 2.05) is 7.05 Å². The quantitative estimate of drug-likeness (QED) is 0.495. The van der Waals surface area contributed by atoms with Crippen LogP contribution in [0, 0.1) is 0 Å². The van der Waals surface area contributed by atoms with Crippen molar-refractivity contribution in [2.24, 2.45) is 0 Å². The standard InChI is InChI=1S/C12H22N2O/c1-13-9-4-7-12(15)14-10-8-11-5-2-3-6-11/h5,13H,2-4,6-10H2,1H3,(H,14,15). The molecule has 0 aliphatic heterocycles. The maximum Gasteiger partial charge on any atom is 0.220 e. The first-order valence-electron chi connectivity index (χ1n) is 5.92. The van der Waals surface area contributed by atoms with Crippen molar-refractivity contribution in [3.8, 4) is 0 Å². The number of nitrogens with one attached hydrogen (secondary N) is 2. The summed E-state index contributed by atoms with van der Waals surface area (Å²) in [6.07, 6.45) is 8.67. The van der Waals surface area contributed by atoms with Gasteiger partial charge in [-0.15, -0.1) is 0 Å². The SMILES string of the molecule is CNCCCC(=O)NCCC1=CCCC1. The summed E-state index contributed by atoms with van der Waals surface area (Å²) in [5, 5.41) is 6.00. The highest BCUT2D eigenvalue weighted by atomic mass is 16.1. The monoisotopic (exact) mass is 210 g/mol. The Kier molecular flexibility index (Phi) is 6.09. The number of hydrogen-bond acceptors (Lipinski definition) is 2. The highest BCUT2D eigenvalue weighted by Gasteiger charge is 2.05. The molecule has 1 rings (SSSR count). The van der Waals surface area contributed by atoms with Gasteiger partial charge in [-0.2, -0.15) is 0 Å². The summed E-state index contributed by atoms with van der Waals surface area (Å²) >= 11 is 0. The molecule has 0 bridgehead atoms. The fourth-order valence-electron chi connectivity index (χ4n) is 1.84. The molecule has 0 heterocycles. The van der Waals surface area contributed by atoms with Gasteiger partial charge in [-0.25, -0.2) is 0 Å². The summed E-state index contributed by atoms with van der Waals surface area (Å²) in [6.45, 7) is 1.72. The predicted octanol–water partition coefficient (Wildman–Crippen LogP) is 1.60. The fourth-order valence-corrected chi connectivity index (χ4v) is 1.84. The molecule has 3 heteroatoms. The first-order valence-corrected chi connectivity index (χ1v) is 5.92. The van der Waals surface area contributed by atoms with Gasteiger partial charge in [0.25, 0.3) is 0 Å². The molecule has 0 aromatic rings. The van der Waals surface area contributed by atoms with Gasteiger partial charge in [0.05, 0.1) is 0 Å². The number of carbonyl (C=O) groups excluding carboxylic acids is 1. The second-order valence-electron chi connectivity index (χ2n) is 4.06. The topological polar surface area (TPSA) is 41.1 Å². The molecule has 1 aliphatic carbocycles. The first-order chi connectivity index (χ1) is 7.33. The minimum Gasteiger partial charge on any atom is -0.356 e. The summed E-state index contributed by atoms with van der Waals surface area (Å²) in [5.41, 5.74) is 1.52. The second-order valence-corrected chi connectivity index (χ2v) is 4.06. The Morgan fingerprint density at radius 3 is 3.00 bits per heavy atom. The molecular formula is C12H22N2O. The molecule has 1 aliphatic rings. The van der Waals surface area contributed by atoms with Gasteiger partial charge in [-0.3, -0.25) is 4.79 Å². The van der Waals surface area contributed by atoms with E-state index in [1.54, 1.807) is 0 Å². The first kappa shape index (κ1) is 12.2. The van der Waals surface area contributed by atoms with Crippen LogP contribution >= 0.6 is 0 Å². The number of hydrogen-bond donors (Lipinski definition) is 2. The van der Waals surface area contributed by atoms with Gasteiger partial charge in [0.1, 0.15) is 0 Å². The second kappa shape index (κ2) is 7.46. The number of carbonyl (C=O) groups is 1. The Morgan fingerprint density at radius 2 is 2.33 bits per heavy atom. The lowest BCUT2D eigenvalue weighted by Gasteiger charge is -2.05. The molecule has 0 aromatic carbocycles. The molecular weight excluding hydrogens is 188 g/mol. The van der Waals surface area contributed by atoms with E-state index in [0.717, 1.165) is 25.9 Å². The lowest BCUT2D eigenvalue weighted by Crippen LogP contribution is -2.25. The molecule has 15 heavy (non-hydrogen) atoms. The molecule has 0 radical (unpaired) electrons. The van der Waals surface area contributed by atoms with Crippen LogP contribution in [-0.4, -0.2) is 26.0 Å². The van der Waals surface area contributed by atoms with Crippen molar-refractivity contribution >= 4 is 5.91 Å². The molecule has 0 unspecified atom stereocenters. The van der Waals surface area contributed by atoms with Crippen molar-refractivity contribution in [3.63, 3.8) is 0 Å². The lowest BCUT2D eigenvalue weighted by molar-refractivity contribution is -0.121. The van der Waals surface area contributed by atoms with E-state index >= 15 is 0 Å². The predicted molar refractivity (Wildman–Crippen MR) is 62.7 cm³/mol. The van der Waals surface area contributed by atoms with Gasteiger partial charge in [0, 0.05) is 13.0 Å². The van der Waals surface area contributed by atoms with Gasteiger partial charge in [0.15, 0.2) is 0 Å². The van der Waals surface area contributed by atoms with Crippen LogP contribution in [0.1, 0.15) is 38.5 Å². The Balaban J connectivity index is 1.96. The van der Waals surface area contributed by atoms with Crippen molar-refractivity contribution in [1.82, 2.24) is 10.6 Å². The number of allylic oxidation sites excluding steroid dienone is 1. The van der Waals surface area contributed by atoms with Crippen LogP contribution in [0.5, 0.6) is 0 Å². The molecule has 2 N–H and O–H groups in total. The fraction of sp³-hybridized carbons (Fsp3) is 0.750. The molecule has 0 fully saturated rings. The minimum atomic E-state index is 0.184. The van der Waals surface area contributed by atoms with Crippen LogP contribution in [0.25, 0.3) is 0 Å². The summed E-state index contributed by atoms with van der Waals surface area (Å²) in [7, 11) is 1.91. The molecule has 0 atom stereocenters. The Labute approximate surface area is 92.3 Å². The zero-order valence-corrected chi connectivity index (χ0v) is 9.64. The maximum atomic E-state index is 11.3. The molecule has 0 aromatic heterocycles. The van der Waals surface area contributed by atoms with Gasteiger partial charge in [-0.1, -0.05) is 11.6 Å². The average Bonchev–Trinajstić information content (AvgIpc) is 2.71. The Hall–Kier alpha value is -0.830. The summed E-state index contributed by atoms with van der Waals surface area (Å²) in [6, 6.07) is 0. The van der Waals surface area contributed by atoms with E-state index in [9.17, 15) is 4.79 Å². The lowest BCUT2D eigenvalue weighted by atomic mass is 10.1. The highest BCUT2D eigenvalue weighted by Crippen LogP contribution is 2.19. The maximum absolute atomic E-state index is 11.3. The van der Waals surface area contributed by atoms with Crippen LogP contribution in [0.4, 0.5) is 0 Å². The van der Waals surface area contributed by atoms with Crippen molar-refractivity contribution < 1.29 is 4.79 Å². The zero-order chi connectivity index (χ0) is 10.9. The summed E-state index contributed by atoms with van der Waals surface area (Å²) in [5.74, 6) is 0.184. The van der Waals surface area contributed by atoms with Crippen molar-refractivity contribution in [3.05, 3.63) is 11.6 Å². The van der Waals surface area contributed by atoms with E-state index in [1.165, 1.54) is 24.8 Å². The normalized spacial score (nSPS) is 15.1. The van der Waals surface area contributed by atoms with Crippen molar-refractivity contribution in [2.75, 3.05) is 20.1 Å². The summed E-state index contributed by atoms with van der Waals surface area (Å²) < 4.78 is 0. The van der Waals surface area contributed by atoms with Crippen LogP contribution < -0.4 is 10.6 Å². The van der Waals surface area contributed by atoms with Gasteiger partial charge < -0.3 is 10.6 Å². The molecule has 1 amide bonds. The summed E-state index contributed by atoms with van der Waals surface area (Å²) in [4.78, 5) is 11.3. The van der Waals surface area contributed by atoms with E-state index in [2.05, 4.69) is 16.7 Å². The Morgan fingerprint density at radius 1 is 1.47 bits per heavy atom. The molecule has 86 valence electrons. The minimum absolute atomic E-state index is 0.184. The molecule has 0 saturated carbocycles. The van der Waals surface area contributed by atoms with Crippen molar-refractivity contribution in [1.29, 1.82) is 0 Å². The van der Waals surface area contributed by atoms with E-state index < -0.39 is 0 Å². The molecule has 0 spiro atoms. The van der Waals surface area contributed by atoms with Crippen molar-refractivity contribution in [2.45, 2.75) is 38.5 Å². The Bertz CT molecular complexity index is 224.